The molecule has 5 heteroatoms. The molecule has 0 saturated heterocycles. The molecule has 0 bridgehead atoms. The van der Waals surface area contributed by atoms with E-state index in [-0.39, 0.29) is 24.1 Å². The van der Waals surface area contributed by atoms with Gasteiger partial charge >= 0.3 is 5.97 Å². The first-order valence-electron chi connectivity index (χ1n) is 6.76. The molecule has 1 saturated carbocycles. The number of carboxylic acids is 1. The number of carboxylic acid groups (broad SMARTS) is 1. The van der Waals surface area contributed by atoms with E-state index >= 15 is 0 Å². The lowest BCUT2D eigenvalue weighted by molar-refractivity contribution is -0.146. The molecule has 0 radical (unpaired) electrons. The monoisotopic (exact) mass is 277 g/mol. The molecule has 1 aromatic rings. The molecule has 1 unspecified atom stereocenters. The summed E-state index contributed by atoms with van der Waals surface area (Å²) < 4.78 is 0. The molecule has 0 heterocycles. The van der Waals surface area contributed by atoms with E-state index in [1.54, 1.807) is 24.3 Å². The first-order valence-corrected chi connectivity index (χ1v) is 6.76. The van der Waals surface area contributed by atoms with Crippen molar-refractivity contribution in [1.82, 2.24) is 5.32 Å². The number of carbonyl (C=O) groups excluding carboxylic acids is 1. The third-order valence-electron chi connectivity index (χ3n) is 3.90. The first kappa shape index (κ1) is 14.4. The van der Waals surface area contributed by atoms with E-state index in [1.165, 1.54) is 0 Å². The molecule has 0 aliphatic heterocycles. The molecule has 1 aliphatic rings. The molecule has 3 atom stereocenters. The van der Waals surface area contributed by atoms with Gasteiger partial charge in [0.15, 0.2) is 0 Å². The van der Waals surface area contributed by atoms with Crippen molar-refractivity contribution in [3.63, 3.8) is 0 Å². The van der Waals surface area contributed by atoms with Crippen molar-refractivity contribution in [3.05, 3.63) is 29.8 Å². The van der Waals surface area contributed by atoms with E-state index in [0.29, 0.717) is 18.4 Å². The molecule has 108 valence electrons. The summed E-state index contributed by atoms with van der Waals surface area (Å²) in [5.74, 6) is -1.86. The van der Waals surface area contributed by atoms with Gasteiger partial charge in [0.2, 0.25) is 5.91 Å². The number of phenolic OH excluding ortho intramolecular Hbond substituents is 1. The summed E-state index contributed by atoms with van der Waals surface area (Å²) >= 11 is 0. The molecule has 0 aromatic heterocycles. The van der Waals surface area contributed by atoms with E-state index in [1.807, 2.05) is 6.92 Å². The summed E-state index contributed by atoms with van der Waals surface area (Å²) in [7, 11) is 0. The Morgan fingerprint density at radius 1 is 1.25 bits per heavy atom. The lowest BCUT2D eigenvalue weighted by Crippen LogP contribution is -2.34. The predicted octanol–water partition coefficient (Wildman–Crippen LogP) is 1.76. The predicted molar refractivity (Wildman–Crippen MR) is 73.0 cm³/mol. The quantitative estimate of drug-likeness (QED) is 0.782. The molecule has 1 aliphatic carbocycles. The van der Waals surface area contributed by atoms with E-state index in [2.05, 4.69) is 5.32 Å². The number of hydrogen-bond acceptors (Lipinski definition) is 3. The smallest absolute Gasteiger partial charge is 0.307 e. The SMILES string of the molecule is CC1C[C@H](C(=O)NCc2ccccc2O)[C@H](C(=O)O)C1. The van der Waals surface area contributed by atoms with Gasteiger partial charge in [-0.15, -0.1) is 0 Å². The maximum Gasteiger partial charge on any atom is 0.307 e. The van der Waals surface area contributed by atoms with Gasteiger partial charge in [0.05, 0.1) is 11.8 Å². The number of amides is 1. The second-order valence-electron chi connectivity index (χ2n) is 5.47. The zero-order valence-corrected chi connectivity index (χ0v) is 11.4. The van der Waals surface area contributed by atoms with Gasteiger partial charge in [-0.25, -0.2) is 0 Å². The number of phenols is 1. The molecule has 1 amide bonds. The molecular formula is C15H19NO4. The summed E-state index contributed by atoms with van der Waals surface area (Å²) in [5, 5.41) is 21.5. The highest BCUT2D eigenvalue weighted by Crippen LogP contribution is 2.36. The van der Waals surface area contributed by atoms with Gasteiger partial charge in [0.25, 0.3) is 0 Å². The maximum absolute atomic E-state index is 12.1. The van der Waals surface area contributed by atoms with E-state index in [0.717, 1.165) is 0 Å². The molecule has 1 fully saturated rings. The van der Waals surface area contributed by atoms with Crippen molar-refractivity contribution < 1.29 is 19.8 Å². The minimum atomic E-state index is -0.906. The van der Waals surface area contributed by atoms with Gasteiger partial charge in [-0.3, -0.25) is 9.59 Å². The molecule has 1 aromatic carbocycles. The number of hydrogen-bond donors (Lipinski definition) is 3. The van der Waals surface area contributed by atoms with Crippen molar-refractivity contribution >= 4 is 11.9 Å². The third-order valence-corrected chi connectivity index (χ3v) is 3.90. The van der Waals surface area contributed by atoms with Crippen molar-refractivity contribution in [2.45, 2.75) is 26.3 Å². The molecule has 5 nitrogen and oxygen atoms in total. The number of carbonyl (C=O) groups is 2. The number of benzene rings is 1. The Kier molecular flexibility index (Phi) is 4.27. The topological polar surface area (TPSA) is 86.6 Å². The fourth-order valence-electron chi connectivity index (χ4n) is 2.83. The van der Waals surface area contributed by atoms with Crippen LogP contribution in [0, 0.1) is 17.8 Å². The van der Waals surface area contributed by atoms with Crippen LogP contribution >= 0.6 is 0 Å². The molecular weight excluding hydrogens is 258 g/mol. The molecule has 3 N–H and O–H groups in total. The van der Waals surface area contributed by atoms with Gasteiger partial charge in [0, 0.05) is 12.1 Å². The van der Waals surface area contributed by atoms with Gasteiger partial charge in [0.1, 0.15) is 5.75 Å². The van der Waals surface area contributed by atoms with Gasteiger partial charge in [-0.05, 0) is 24.8 Å². The van der Waals surface area contributed by atoms with Crippen LogP contribution in [0.4, 0.5) is 0 Å². The van der Waals surface area contributed by atoms with Crippen LogP contribution in [0.2, 0.25) is 0 Å². The fourth-order valence-corrected chi connectivity index (χ4v) is 2.83. The van der Waals surface area contributed by atoms with Crippen LogP contribution in [0.25, 0.3) is 0 Å². The lowest BCUT2D eigenvalue weighted by atomic mass is 9.95. The number of aliphatic carboxylic acids is 1. The zero-order chi connectivity index (χ0) is 14.7. The number of rotatable bonds is 4. The van der Waals surface area contributed by atoms with Crippen LogP contribution < -0.4 is 5.32 Å². The maximum atomic E-state index is 12.1. The normalized spacial score (nSPS) is 25.4. The summed E-state index contributed by atoms with van der Waals surface area (Å²) in [6.07, 6.45) is 1.15. The van der Waals surface area contributed by atoms with E-state index in [4.69, 9.17) is 5.11 Å². The van der Waals surface area contributed by atoms with Gasteiger partial charge in [-0.1, -0.05) is 25.1 Å². The second-order valence-corrected chi connectivity index (χ2v) is 5.47. The van der Waals surface area contributed by atoms with Crippen molar-refractivity contribution in [2.24, 2.45) is 17.8 Å². The highest BCUT2D eigenvalue weighted by molar-refractivity contribution is 5.85. The van der Waals surface area contributed by atoms with Gasteiger partial charge in [-0.2, -0.15) is 0 Å². The standard InChI is InChI=1S/C15H19NO4/c1-9-6-11(12(7-9)15(19)20)14(18)16-8-10-4-2-3-5-13(10)17/h2-5,9,11-12,17H,6-8H2,1H3,(H,16,18)(H,19,20)/t9?,11-,12+/m0/s1. The minimum absolute atomic E-state index is 0.127. The average molecular weight is 277 g/mol. The van der Waals surface area contributed by atoms with Crippen LogP contribution in [0.15, 0.2) is 24.3 Å². The highest BCUT2D eigenvalue weighted by Gasteiger charge is 2.41. The number of aromatic hydroxyl groups is 1. The van der Waals surface area contributed by atoms with Crippen LogP contribution in [0.1, 0.15) is 25.3 Å². The summed E-state index contributed by atoms with van der Waals surface area (Å²) in [5.41, 5.74) is 0.624. The Morgan fingerprint density at radius 2 is 1.90 bits per heavy atom. The van der Waals surface area contributed by atoms with Crippen LogP contribution in [0.3, 0.4) is 0 Å². The lowest BCUT2D eigenvalue weighted by Gasteiger charge is -2.15. The number of para-hydroxylation sites is 1. The summed E-state index contributed by atoms with van der Waals surface area (Å²) in [4.78, 5) is 23.3. The minimum Gasteiger partial charge on any atom is -0.508 e. The third kappa shape index (κ3) is 3.10. The first-order chi connectivity index (χ1) is 9.49. The molecule has 0 spiro atoms. The summed E-state index contributed by atoms with van der Waals surface area (Å²) in [6, 6.07) is 6.76. The number of nitrogens with one attached hydrogen (secondary N) is 1. The van der Waals surface area contributed by atoms with Crippen molar-refractivity contribution in [3.8, 4) is 5.75 Å². The Balaban J connectivity index is 1.98. The Morgan fingerprint density at radius 3 is 2.55 bits per heavy atom. The Hall–Kier alpha value is -2.04. The van der Waals surface area contributed by atoms with Crippen molar-refractivity contribution in [1.29, 1.82) is 0 Å². The Bertz CT molecular complexity index is 514. The molecule has 2 rings (SSSR count). The summed E-state index contributed by atoms with van der Waals surface area (Å²) in [6.45, 7) is 2.18. The highest BCUT2D eigenvalue weighted by atomic mass is 16.4. The molecule has 20 heavy (non-hydrogen) atoms. The van der Waals surface area contributed by atoms with Crippen molar-refractivity contribution in [2.75, 3.05) is 0 Å². The van der Waals surface area contributed by atoms with E-state index < -0.39 is 17.8 Å². The average Bonchev–Trinajstić information content (AvgIpc) is 2.80. The van der Waals surface area contributed by atoms with Crippen LogP contribution in [0.5, 0.6) is 5.75 Å². The largest absolute Gasteiger partial charge is 0.508 e. The van der Waals surface area contributed by atoms with Crippen LogP contribution in [-0.4, -0.2) is 22.1 Å². The fraction of sp³-hybridized carbons (Fsp3) is 0.467. The van der Waals surface area contributed by atoms with E-state index in [9.17, 15) is 14.7 Å². The Labute approximate surface area is 117 Å². The van der Waals surface area contributed by atoms with Crippen LogP contribution in [-0.2, 0) is 16.1 Å². The zero-order valence-electron chi connectivity index (χ0n) is 11.4. The second kappa shape index (κ2) is 5.94. The van der Waals surface area contributed by atoms with Gasteiger partial charge < -0.3 is 15.5 Å².